The van der Waals surface area contributed by atoms with Gasteiger partial charge in [0.2, 0.25) is 0 Å². The minimum Gasteiger partial charge on any atom is -0.344 e. The highest BCUT2D eigenvalue weighted by Crippen LogP contribution is 2.16. The zero-order valence-corrected chi connectivity index (χ0v) is 8.94. The van der Waals surface area contributed by atoms with Crippen molar-refractivity contribution in [3.63, 3.8) is 0 Å². The van der Waals surface area contributed by atoms with Crippen molar-refractivity contribution in [3.8, 4) is 0 Å². The van der Waals surface area contributed by atoms with Crippen LogP contribution in [0.3, 0.4) is 0 Å². The van der Waals surface area contributed by atoms with Crippen LogP contribution in [0.1, 0.15) is 44.4 Å². The summed E-state index contributed by atoms with van der Waals surface area (Å²) in [7, 11) is 0. The van der Waals surface area contributed by atoms with E-state index in [0.29, 0.717) is 0 Å². The summed E-state index contributed by atoms with van der Waals surface area (Å²) >= 11 is 0. The molecule has 3 N–H and O–H groups in total. The van der Waals surface area contributed by atoms with Crippen molar-refractivity contribution in [2.24, 2.45) is 5.73 Å². The van der Waals surface area contributed by atoms with Gasteiger partial charge in [0.05, 0.1) is 11.2 Å². The van der Waals surface area contributed by atoms with Crippen molar-refractivity contribution in [1.82, 2.24) is 9.97 Å². The highest BCUT2D eigenvalue weighted by Gasteiger charge is 2.19. The van der Waals surface area contributed by atoms with Gasteiger partial charge in [0.15, 0.2) is 0 Å². The number of aryl methyl sites for hydroxylation is 2. The van der Waals surface area contributed by atoms with E-state index >= 15 is 0 Å². The summed E-state index contributed by atoms with van der Waals surface area (Å²) < 4.78 is 0. The van der Waals surface area contributed by atoms with Gasteiger partial charge >= 0.3 is 0 Å². The molecule has 0 aliphatic rings. The molecule has 0 amide bonds. The second kappa shape index (κ2) is 3.50. The number of aromatic nitrogens is 2. The van der Waals surface area contributed by atoms with Crippen molar-refractivity contribution in [3.05, 3.63) is 17.2 Å². The minimum atomic E-state index is -0.364. The molecular formula is C10H19N3. The molecule has 1 rings (SSSR count). The van der Waals surface area contributed by atoms with E-state index in [1.54, 1.807) is 0 Å². The standard InChI is InChI=1S/C10H19N3/c1-5-6-8-7(2)12-9(13-8)10(3,4)11/h5-6,11H2,1-4H3,(H,12,13). The second-order valence-electron chi connectivity index (χ2n) is 4.13. The van der Waals surface area contributed by atoms with Gasteiger partial charge in [0, 0.05) is 5.69 Å². The van der Waals surface area contributed by atoms with Crippen LogP contribution in [0.4, 0.5) is 0 Å². The van der Waals surface area contributed by atoms with E-state index in [2.05, 4.69) is 16.9 Å². The van der Waals surface area contributed by atoms with Crippen molar-refractivity contribution < 1.29 is 0 Å². The maximum Gasteiger partial charge on any atom is 0.126 e. The average molecular weight is 181 g/mol. The monoisotopic (exact) mass is 181 g/mol. The Morgan fingerprint density at radius 2 is 2.08 bits per heavy atom. The lowest BCUT2D eigenvalue weighted by atomic mass is 10.1. The first-order valence-corrected chi connectivity index (χ1v) is 4.80. The van der Waals surface area contributed by atoms with Crippen LogP contribution in [-0.2, 0) is 12.0 Å². The van der Waals surface area contributed by atoms with Crippen LogP contribution in [0.25, 0.3) is 0 Å². The van der Waals surface area contributed by atoms with E-state index in [1.807, 2.05) is 20.8 Å². The Kier molecular flexibility index (Phi) is 2.76. The van der Waals surface area contributed by atoms with Crippen molar-refractivity contribution in [2.45, 2.75) is 46.1 Å². The Hall–Kier alpha value is -0.830. The van der Waals surface area contributed by atoms with Gasteiger partial charge in [-0.3, -0.25) is 0 Å². The Labute approximate surface area is 79.8 Å². The number of hydrogen-bond donors (Lipinski definition) is 2. The van der Waals surface area contributed by atoms with Crippen LogP contribution in [0.5, 0.6) is 0 Å². The minimum absolute atomic E-state index is 0.364. The molecule has 13 heavy (non-hydrogen) atoms. The molecule has 0 unspecified atom stereocenters. The molecule has 0 aliphatic heterocycles. The molecule has 3 nitrogen and oxygen atoms in total. The van der Waals surface area contributed by atoms with Gasteiger partial charge in [-0.2, -0.15) is 0 Å². The number of aromatic amines is 1. The van der Waals surface area contributed by atoms with E-state index in [0.717, 1.165) is 30.1 Å². The molecule has 0 fully saturated rings. The van der Waals surface area contributed by atoms with Gasteiger partial charge in [-0.15, -0.1) is 0 Å². The molecule has 0 atom stereocenters. The highest BCUT2D eigenvalue weighted by atomic mass is 15.0. The van der Waals surface area contributed by atoms with E-state index in [9.17, 15) is 0 Å². The predicted molar refractivity (Wildman–Crippen MR) is 54.5 cm³/mol. The van der Waals surface area contributed by atoms with Crippen LogP contribution in [-0.4, -0.2) is 9.97 Å². The molecule has 1 heterocycles. The number of nitrogens with one attached hydrogen (secondary N) is 1. The third-order valence-electron chi connectivity index (χ3n) is 2.08. The first-order valence-electron chi connectivity index (χ1n) is 4.80. The fourth-order valence-electron chi connectivity index (χ4n) is 1.28. The number of nitrogens with two attached hydrogens (primary N) is 1. The number of imidazole rings is 1. The normalized spacial score (nSPS) is 12.1. The Morgan fingerprint density at radius 1 is 1.46 bits per heavy atom. The number of rotatable bonds is 3. The van der Waals surface area contributed by atoms with Crippen molar-refractivity contribution in [1.29, 1.82) is 0 Å². The Bertz CT molecular complexity index is 281. The zero-order chi connectivity index (χ0) is 10.1. The van der Waals surface area contributed by atoms with E-state index in [4.69, 9.17) is 5.73 Å². The SMILES string of the molecule is CCCc1nc(C(C)(C)N)[nH]c1C. The summed E-state index contributed by atoms with van der Waals surface area (Å²) in [6.07, 6.45) is 2.15. The lowest BCUT2D eigenvalue weighted by Gasteiger charge is -2.14. The fourth-order valence-corrected chi connectivity index (χ4v) is 1.28. The third-order valence-corrected chi connectivity index (χ3v) is 2.08. The van der Waals surface area contributed by atoms with Gasteiger partial charge in [-0.1, -0.05) is 13.3 Å². The Morgan fingerprint density at radius 3 is 2.46 bits per heavy atom. The molecule has 3 heteroatoms. The maximum atomic E-state index is 5.94. The Balaban J connectivity index is 2.95. The van der Waals surface area contributed by atoms with E-state index in [-0.39, 0.29) is 5.54 Å². The van der Waals surface area contributed by atoms with Crippen molar-refractivity contribution >= 4 is 0 Å². The molecule has 0 saturated heterocycles. The summed E-state index contributed by atoms with van der Waals surface area (Å²) in [6.45, 7) is 8.12. The molecule has 1 aromatic rings. The molecule has 0 saturated carbocycles. The summed E-state index contributed by atoms with van der Waals surface area (Å²) in [5.74, 6) is 0.883. The summed E-state index contributed by atoms with van der Waals surface area (Å²) in [4.78, 5) is 7.72. The lowest BCUT2D eigenvalue weighted by molar-refractivity contribution is 0.518. The number of hydrogen-bond acceptors (Lipinski definition) is 2. The van der Waals surface area contributed by atoms with Crippen LogP contribution in [0, 0.1) is 6.92 Å². The lowest BCUT2D eigenvalue weighted by Crippen LogP contribution is -2.30. The molecular weight excluding hydrogens is 162 g/mol. The molecule has 0 aromatic carbocycles. The maximum absolute atomic E-state index is 5.94. The van der Waals surface area contributed by atoms with Gasteiger partial charge in [-0.25, -0.2) is 4.98 Å². The molecule has 0 bridgehead atoms. The molecule has 1 aromatic heterocycles. The topological polar surface area (TPSA) is 54.7 Å². The molecule has 0 spiro atoms. The molecule has 0 radical (unpaired) electrons. The van der Waals surface area contributed by atoms with Gasteiger partial charge in [0.25, 0.3) is 0 Å². The fraction of sp³-hybridized carbons (Fsp3) is 0.700. The number of H-pyrrole nitrogens is 1. The predicted octanol–water partition coefficient (Wildman–Crippen LogP) is 1.86. The first-order chi connectivity index (χ1) is 5.95. The molecule has 0 aliphatic carbocycles. The summed E-state index contributed by atoms with van der Waals surface area (Å²) in [6, 6.07) is 0. The smallest absolute Gasteiger partial charge is 0.126 e. The van der Waals surface area contributed by atoms with E-state index in [1.165, 1.54) is 0 Å². The van der Waals surface area contributed by atoms with Crippen LogP contribution >= 0.6 is 0 Å². The third kappa shape index (κ3) is 2.31. The van der Waals surface area contributed by atoms with Gasteiger partial charge in [-0.05, 0) is 27.2 Å². The van der Waals surface area contributed by atoms with Crippen LogP contribution in [0.2, 0.25) is 0 Å². The number of nitrogens with zero attached hydrogens (tertiary/aromatic N) is 1. The van der Waals surface area contributed by atoms with Crippen LogP contribution in [0.15, 0.2) is 0 Å². The molecule has 74 valence electrons. The van der Waals surface area contributed by atoms with Gasteiger partial charge in [0.1, 0.15) is 5.82 Å². The zero-order valence-electron chi connectivity index (χ0n) is 8.94. The second-order valence-corrected chi connectivity index (χ2v) is 4.13. The summed E-state index contributed by atoms with van der Waals surface area (Å²) in [5.41, 5.74) is 7.87. The average Bonchev–Trinajstić information content (AvgIpc) is 2.32. The quantitative estimate of drug-likeness (QED) is 0.748. The first kappa shape index (κ1) is 10.3. The van der Waals surface area contributed by atoms with Crippen LogP contribution < -0.4 is 5.73 Å². The largest absolute Gasteiger partial charge is 0.344 e. The van der Waals surface area contributed by atoms with Gasteiger partial charge < -0.3 is 10.7 Å². The highest BCUT2D eigenvalue weighted by molar-refractivity contribution is 5.16. The van der Waals surface area contributed by atoms with E-state index < -0.39 is 0 Å². The van der Waals surface area contributed by atoms with Crippen molar-refractivity contribution in [2.75, 3.05) is 0 Å². The summed E-state index contributed by atoms with van der Waals surface area (Å²) in [5, 5.41) is 0.